The molecule has 0 aliphatic heterocycles. The Balaban J connectivity index is 2.08. The van der Waals surface area contributed by atoms with Gasteiger partial charge >= 0.3 is 0 Å². The lowest BCUT2D eigenvalue weighted by Gasteiger charge is -2.01. The van der Waals surface area contributed by atoms with E-state index in [9.17, 15) is 4.79 Å². The third kappa shape index (κ3) is 2.89. The minimum absolute atomic E-state index is 0.486. The zero-order valence-electron chi connectivity index (χ0n) is 10.7. The van der Waals surface area contributed by atoms with Crippen LogP contribution in [-0.4, -0.2) is 21.1 Å². The smallest absolute Gasteiger partial charge is 0.153 e. The molecule has 2 aromatic heterocycles. The number of benzene rings is 1. The van der Waals surface area contributed by atoms with Gasteiger partial charge in [0.05, 0.1) is 16.9 Å². The molecule has 2 heterocycles. The molecule has 104 valence electrons. The highest BCUT2D eigenvalue weighted by atomic mass is 79.9. The molecule has 0 amide bonds. The van der Waals surface area contributed by atoms with Gasteiger partial charge in [-0.3, -0.25) is 9.78 Å². The molecule has 0 spiro atoms. The van der Waals surface area contributed by atoms with E-state index in [0.29, 0.717) is 22.0 Å². The van der Waals surface area contributed by atoms with Crippen LogP contribution in [0.4, 0.5) is 0 Å². The van der Waals surface area contributed by atoms with E-state index in [2.05, 4.69) is 26.0 Å². The van der Waals surface area contributed by atoms with Crippen LogP contribution < -0.4 is 0 Å². The van der Waals surface area contributed by atoms with Gasteiger partial charge in [-0.25, -0.2) is 4.68 Å². The van der Waals surface area contributed by atoms with Crippen LogP contribution in [0, 0.1) is 0 Å². The Morgan fingerprint density at radius 3 is 2.52 bits per heavy atom. The van der Waals surface area contributed by atoms with Gasteiger partial charge in [-0.1, -0.05) is 11.6 Å². The molecule has 0 aliphatic rings. The quantitative estimate of drug-likeness (QED) is 0.657. The maximum atomic E-state index is 11.3. The van der Waals surface area contributed by atoms with Crippen molar-refractivity contribution < 1.29 is 4.79 Å². The normalized spacial score (nSPS) is 10.6. The molecular weight excluding hydrogens is 354 g/mol. The van der Waals surface area contributed by atoms with Crippen molar-refractivity contribution in [3.8, 4) is 17.1 Å². The number of halogens is 2. The maximum Gasteiger partial charge on any atom is 0.153 e. The van der Waals surface area contributed by atoms with E-state index in [1.54, 1.807) is 29.2 Å². The second kappa shape index (κ2) is 5.79. The summed E-state index contributed by atoms with van der Waals surface area (Å²) in [5.41, 5.74) is 2.51. The Morgan fingerprint density at radius 1 is 1.14 bits per heavy atom. The SMILES string of the molecule is O=Cc1cn(-c2ccc(Cl)cc2)nc1-c1ccc(Br)cn1. The largest absolute Gasteiger partial charge is 0.298 e. The number of carbonyl (C=O) groups excluding carboxylic acids is 1. The Morgan fingerprint density at radius 2 is 1.90 bits per heavy atom. The predicted octanol–water partition coefficient (Wildman–Crippen LogP) is 4.16. The summed E-state index contributed by atoms with van der Waals surface area (Å²) in [6.45, 7) is 0. The lowest BCUT2D eigenvalue weighted by molar-refractivity contribution is 0.112. The average molecular weight is 363 g/mol. The molecule has 3 rings (SSSR count). The van der Waals surface area contributed by atoms with Gasteiger partial charge in [0.15, 0.2) is 6.29 Å². The van der Waals surface area contributed by atoms with E-state index in [4.69, 9.17) is 11.6 Å². The van der Waals surface area contributed by atoms with E-state index in [-0.39, 0.29) is 0 Å². The second-order valence-corrected chi connectivity index (χ2v) is 5.69. The molecule has 6 heteroatoms. The van der Waals surface area contributed by atoms with E-state index in [0.717, 1.165) is 16.4 Å². The zero-order chi connectivity index (χ0) is 14.8. The van der Waals surface area contributed by atoms with Gasteiger partial charge < -0.3 is 0 Å². The number of pyridine rings is 1. The standard InChI is InChI=1S/C15H9BrClN3O/c16-11-1-6-14(18-7-11)15-10(9-21)8-20(19-15)13-4-2-12(17)3-5-13/h1-9H. The van der Waals surface area contributed by atoms with Gasteiger partial charge in [-0.2, -0.15) is 5.10 Å². The monoisotopic (exact) mass is 361 g/mol. The first kappa shape index (κ1) is 14.0. The van der Waals surface area contributed by atoms with E-state index >= 15 is 0 Å². The van der Waals surface area contributed by atoms with Crippen LogP contribution in [0.2, 0.25) is 5.02 Å². The number of hydrogen-bond donors (Lipinski definition) is 0. The predicted molar refractivity (Wildman–Crippen MR) is 84.9 cm³/mol. The van der Waals surface area contributed by atoms with Crippen molar-refractivity contribution in [2.24, 2.45) is 0 Å². The molecule has 0 aliphatic carbocycles. The topological polar surface area (TPSA) is 47.8 Å². The molecule has 0 N–H and O–H groups in total. The fourth-order valence-electron chi connectivity index (χ4n) is 1.91. The summed E-state index contributed by atoms with van der Waals surface area (Å²) in [6.07, 6.45) is 4.12. The molecule has 0 radical (unpaired) electrons. The van der Waals surface area contributed by atoms with E-state index in [1.165, 1.54) is 0 Å². The van der Waals surface area contributed by atoms with E-state index in [1.807, 2.05) is 24.3 Å². The van der Waals surface area contributed by atoms with Gasteiger partial charge in [0.25, 0.3) is 0 Å². The third-order valence-electron chi connectivity index (χ3n) is 2.93. The Labute approximate surface area is 134 Å². The van der Waals surface area contributed by atoms with Crippen molar-refractivity contribution in [3.05, 3.63) is 63.9 Å². The number of nitrogens with zero attached hydrogens (tertiary/aromatic N) is 3. The molecule has 1 aromatic carbocycles. The molecule has 4 nitrogen and oxygen atoms in total. The number of rotatable bonds is 3. The van der Waals surface area contributed by atoms with Crippen molar-refractivity contribution >= 4 is 33.8 Å². The summed E-state index contributed by atoms with van der Waals surface area (Å²) < 4.78 is 2.51. The summed E-state index contributed by atoms with van der Waals surface area (Å²) >= 11 is 9.21. The van der Waals surface area contributed by atoms with Gasteiger partial charge in [-0.15, -0.1) is 0 Å². The molecule has 0 saturated carbocycles. The molecular formula is C15H9BrClN3O. The van der Waals surface area contributed by atoms with Crippen molar-refractivity contribution in [1.29, 1.82) is 0 Å². The van der Waals surface area contributed by atoms with Crippen LogP contribution in [0.1, 0.15) is 10.4 Å². The molecule has 3 aromatic rings. The van der Waals surface area contributed by atoms with Crippen molar-refractivity contribution in [1.82, 2.24) is 14.8 Å². The molecule has 0 bridgehead atoms. The van der Waals surface area contributed by atoms with Crippen LogP contribution >= 0.6 is 27.5 Å². The summed E-state index contributed by atoms with van der Waals surface area (Å²) in [6, 6.07) is 10.9. The Kier molecular flexibility index (Phi) is 3.86. The Bertz CT molecular complexity index is 782. The van der Waals surface area contributed by atoms with Gasteiger partial charge in [0, 0.05) is 21.9 Å². The van der Waals surface area contributed by atoms with Crippen molar-refractivity contribution in [2.45, 2.75) is 0 Å². The van der Waals surface area contributed by atoms with E-state index < -0.39 is 0 Å². The minimum Gasteiger partial charge on any atom is -0.298 e. The van der Waals surface area contributed by atoms with Crippen molar-refractivity contribution in [3.63, 3.8) is 0 Å². The summed E-state index contributed by atoms with van der Waals surface area (Å²) in [5, 5.41) is 5.09. The number of hydrogen-bond acceptors (Lipinski definition) is 3. The lowest BCUT2D eigenvalue weighted by atomic mass is 10.2. The van der Waals surface area contributed by atoms with Crippen LogP contribution in [0.15, 0.2) is 53.3 Å². The summed E-state index contributed by atoms with van der Waals surface area (Å²) in [7, 11) is 0. The zero-order valence-corrected chi connectivity index (χ0v) is 13.0. The lowest BCUT2D eigenvalue weighted by Crippen LogP contribution is -1.94. The maximum absolute atomic E-state index is 11.3. The van der Waals surface area contributed by atoms with Gasteiger partial charge in [0.1, 0.15) is 5.69 Å². The average Bonchev–Trinajstić information content (AvgIpc) is 2.93. The fourth-order valence-corrected chi connectivity index (χ4v) is 2.28. The van der Waals surface area contributed by atoms with Crippen LogP contribution in [0.3, 0.4) is 0 Å². The van der Waals surface area contributed by atoms with Gasteiger partial charge in [-0.05, 0) is 52.3 Å². The summed E-state index contributed by atoms with van der Waals surface area (Å²) in [5.74, 6) is 0. The number of aldehydes is 1. The summed E-state index contributed by atoms with van der Waals surface area (Å²) in [4.78, 5) is 15.5. The van der Waals surface area contributed by atoms with Crippen molar-refractivity contribution in [2.75, 3.05) is 0 Å². The molecule has 0 unspecified atom stereocenters. The molecule has 0 saturated heterocycles. The molecule has 21 heavy (non-hydrogen) atoms. The third-order valence-corrected chi connectivity index (χ3v) is 3.65. The minimum atomic E-state index is 0.486. The highest BCUT2D eigenvalue weighted by Crippen LogP contribution is 2.22. The first-order chi connectivity index (χ1) is 10.2. The molecule has 0 fully saturated rings. The second-order valence-electron chi connectivity index (χ2n) is 4.33. The highest BCUT2D eigenvalue weighted by Gasteiger charge is 2.12. The fraction of sp³-hybridized carbons (Fsp3) is 0. The number of carbonyl (C=O) groups is 1. The van der Waals surface area contributed by atoms with Crippen LogP contribution in [0.5, 0.6) is 0 Å². The first-order valence-corrected chi connectivity index (χ1v) is 7.27. The van der Waals surface area contributed by atoms with Gasteiger partial charge in [0.2, 0.25) is 0 Å². The highest BCUT2D eigenvalue weighted by molar-refractivity contribution is 9.10. The van der Waals surface area contributed by atoms with Crippen LogP contribution in [0.25, 0.3) is 17.1 Å². The Hall–Kier alpha value is -1.98. The first-order valence-electron chi connectivity index (χ1n) is 6.10. The van der Waals surface area contributed by atoms with Crippen LogP contribution in [-0.2, 0) is 0 Å². The number of aromatic nitrogens is 3. The molecule has 0 atom stereocenters.